The predicted molar refractivity (Wildman–Crippen MR) is 83.0 cm³/mol. The van der Waals surface area contributed by atoms with E-state index in [2.05, 4.69) is 49.0 Å². The van der Waals surface area contributed by atoms with E-state index in [1.54, 1.807) is 0 Å². The third kappa shape index (κ3) is 4.18. The van der Waals surface area contributed by atoms with Crippen molar-refractivity contribution in [3.05, 3.63) is 24.0 Å². The molecule has 0 atom stereocenters. The largest absolute Gasteiger partial charge is 0.372 e. The summed E-state index contributed by atoms with van der Waals surface area (Å²) < 4.78 is 5.79. The van der Waals surface area contributed by atoms with Crippen molar-refractivity contribution in [2.75, 3.05) is 31.1 Å². The van der Waals surface area contributed by atoms with Gasteiger partial charge in [-0.05, 0) is 37.9 Å². The van der Waals surface area contributed by atoms with Crippen LogP contribution in [-0.4, -0.2) is 36.8 Å². The number of ether oxygens (including phenoxy) is 1. The number of hydrogen-bond acceptors (Lipinski definition) is 4. The van der Waals surface area contributed by atoms with Crippen LogP contribution in [0.25, 0.3) is 0 Å². The van der Waals surface area contributed by atoms with E-state index in [-0.39, 0.29) is 5.60 Å². The van der Waals surface area contributed by atoms with Gasteiger partial charge in [0.15, 0.2) is 0 Å². The Morgan fingerprint density at radius 2 is 2.25 bits per heavy atom. The first-order valence-electron chi connectivity index (χ1n) is 7.50. The molecule has 2 heterocycles. The van der Waals surface area contributed by atoms with E-state index in [4.69, 9.17) is 4.74 Å². The summed E-state index contributed by atoms with van der Waals surface area (Å²) in [5, 5.41) is 3.52. The normalized spacial score (nSPS) is 18.6. The van der Waals surface area contributed by atoms with Crippen molar-refractivity contribution in [2.24, 2.45) is 5.92 Å². The molecule has 0 amide bonds. The highest BCUT2D eigenvalue weighted by atomic mass is 16.5. The van der Waals surface area contributed by atoms with Crippen molar-refractivity contribution in [1.82, 2.24) is 10.3 Å². The van der Waals surface area contributed by atoms with Crippen LogP contribution in [0.15, 0.2) is 18.5 Å². The quantitative estimate of drug-likeness (QED) is 0.897. The molecule has 1 aliphatic heterocycles. The molecule has 4 nitrogen and oxygen atoms in total. The van der Waals surface area contributed by atoms with Crippen LogP contribution in [0.5, 0.6) is 0 Å². The Bertz CT molecular complexity index is 431. The van der Waals surface area contributed by atoms with Gasteiger partial charge in [-0.2, -0.15) is 0 Å². The summed E-state index contributed by atoms with van der Waals surface area (Å²) in [6.45, 7) is 13.3. The second kappa shape index (κ2) is 6.55. The lowest BCUT2D eigenvalue weighted by atomic mass is 10.1. The lowest BCUT2D eigenvalue weighted by Gasteiger charge is -2.40. The molecule has 1 fully saturated rings. The summed E-state index contributed by atoms with van der Waals surface area (Å²) in [6, 6.07) is 2.12. The molecule has 0 bridgehead atoms. The van der Waals surface area contributed by atoms with Crippen molar-refractivity contribution in [3.8, 4) is 0 Å². The summed E-state index contributed by atoms with van der Waals surface area (Å²) in [7, 11) is 0. The molecular formula is C16H27N3O. The Kier molecular flexibility index (Phi) is 5.00. The summed E-state index contributed by atoms with van der Waals surface area (Å²) in [6.07, 6.45) is 3.86. The van der Waals surface area contributed by atoms with Gasteiger partial charge in [0.25, 0.3) is 0 Å². The van der Waals surface area contributed by atoms with Gasteiger partial charge in [0, 0.05) is 25.8 Å². The molecule has 0 unspecified atom stereocenters. The van der Waals surface area contributed by atoms with Crippen LogP contribution in [0.3, 0.4) is 0 Å². The van der Waals surface area contributed by atoms with Crippen molar-refractivity contribution in [1.29, 1.82) is 0 Å². The first-order valence-corrected chi connectivity index (χ1v) is 7.50. The maximum atomic E-state index is 5.79. The van der Waals surface area contributed by atoms with Gasteiger partial charge in [0.05, 0.1) is 24.1 Å². The number of morpholine rings is 1. The SMILES string of the molecule is CC(C)CNCc1ccncc1N1CCOC(C)(C)C1. The number of rotatable bonds is 5. The molecule has 1 aliphatic rings. The fraction of sp³-hybridized carbons (Fsp3) is 0.688. The second-order valence-corrected chi connectivity index (χ2v) is 6.56. The minimum atomic E-state index is -0.0866. The Hall–Kier alpha value is -1.13. The zero-order chi connectivity index (χ0) is 14.6. The Balaban J connectivity index is 2.07. The van der Waals surface area contributed by atoms with Gasteiger partial charge in [0.1, 0.15) is 0 Å². The smallest absolute Gasteiger partial charge is 0.0801 e. The van der Waals surface area contributed by atoms with Crippen molar-refractivity contribution >= 4 is 5.69 Å². The Labute approximate surface area is 122 Å². The lowest BCUT2D eigenvalue weighted by Crippen LogP contribution is -2.48. The predicted octanol–water partition coefficient (Wildman–Crippen LogP) is 2.44. The maximum Gasteiger partial charge on any atom is 0.0801 e. The lowest BCUT2D eigenvalue weighted by molar-refractivity contribution is -0.0277. The number of aromatic nitrogens is 1. The van der Waals surface area contributed by atoms with Crippen LogP contribution in [0.4, 0.5) is 5.69 Å². The first kappa shape index (κ1) is 15.3. The molecule has 1 saturated heterocycles. The first-order chi connectivity index (χ1) is 9.48. The molecule has 4 heteroatoms. The maximum absolute atomic E-state index is 5.79. The van der Waals surface area contributed by atoms with E-state index in [9.17, 15) is 0 Å². The molecule has 1 aromatic heterocycles. The summed E-state index contributed by atoms with van der Waals surface area (Å²) in [4.78, 5) is 6.69. The van der Waals surface area contributed by atoms with Crippen LogP contribution in [0, 0.1) is 5.92 Å². The van der Waals surface area contributed by atoms with Crippen LogP contribution in [-0.2, 0) is 11.3 Å². The number of hydrogen-bond donors (Lipinski definition) is 1. The van der Waals surface area contributed by atoms with Crippen molar-refractivity contribution in [2.45, 2.75) is 39.8 Å². The standard InChI is InChI=1S/C16H27N3O/c1-13(2)9-18-10-14-5-6-17-11-15(14)19-7-8-20-16(3,4)12-19/h5-6,11,13,18H,7-10,12H2,1-4H3. The van der Waals surface area contributed by atoms with Gasteiger partial charge >= 0.3 is 0 Å². The Morgan fingerprint density at radius 3 is 2.95 bits per heavy atom. The number of nitrogens with zero attached hydrogens (tertiary/aromatic N) is 2. The highest BCUT2D eigenvalue weighted by Crippen LogP contribution is 2.25. The third-order valence-electron chi connectivity index (χ3n) is 3.52. The van der Waals surface area contributed by atoms with E-state index in [1.165, 1.54) is 11.3 Å². The fourth-order valence-corrected chi connectivity index (χ4v) is 2.57. The summed E-state index contributed by atoms with van der Waals surface area (Å²) >= 11 is 0. The van der Waals surface area contributed by atoms with E-state index >= 15 is 0 Å². The summed E-state index contributed by atoms with van der Waals surface area (Å²) in [5.74, 6) is 0.669. The molecule has 1 aromatic rings. The monoisotopic (exact) mass is 277 g/mol. The average Bonchev–Trinajstić information content (AvgIpc) is 2.37. The van der Waals surface area contributed by atoms with Crippen LogP contribution in [0.1, 0.15) is 33.3 Å². The minimum Gasteiger partial charge on any atom is -0.372 e. The van der Waals surface area contributed by atoms with Gasteiger partial charge in [0.2, 0.25) is 0 Å². The molecule has 0 radical (unpaired) electrons. The third-order valence-corrected chi connectivity index (χ3v) is 3.52. The highest BCUT2D eigenvalue weighted by Gasteiger charge is 2.28. The van der Waals surface area contributed by atoms with E-state index in [0.29, 0.717) is 5.92 Å². The summed E-state index contributed by atoms with van der Waals surface area (Å²) in [5.41, 5.74) is 2.47. The molecule has 1 N–H and O–H groups in total. The molecule has 0 aliphatic carbocycles. The van der Waals surface area contributed by atoms with Gasteiger partial charge < -0.3 is 15.0 Å². The molecule has 0 saturated carbocycles. The molecule has 0 spiro atoms. The number of nitrogens with one attached hydrogen (secondary N) is 1. The highest BCUT2D eigenvalue weighted by molar-refractivity contribution is 5.52. The topological polar surface area (TPSA) is 37.4 Å². The van der Waals surface area contributed by atoms with E-state index in [1.807, 2.05) is 12.4 Å². The molecule has 0 aromatic carbocycles. The molecule has 20 heavy (non-hydrogen) atoms. The van der Waals surface area contributed by atoms with E-state index in [0.717, 1.165) is 32.8 Å². The molecular weight excluding hydrogens is 250 g/mol. The fourth-order valence-electron chi connectivity index (χ4n) is 2.57. The van der Waals surface area contributed by atoms with Gasteiger partial charge in [-0.25, -0.2) is 0 Å². The molecule has 2 rings (SSSR count). The van der Waals surface area contributed by atoms with Crippen molar-refractivity contribution < 1.29 is 4.74 Å². The zero-order valence-electron chi connectivity index (χ0n) is 13.1. The van der Waals surface area contributed by atoms with Crippen LogP contribution < -0.4 is 10.2 Å². The Morgan fingerprint density at radius 1 is 1.45 bits per heavy atom. The minimum absolute atomic E-state index is 0.0866. The van der Waals surface area contributed by atoms with Gasteiger partial charge in [-0.3, -0.25) is 4.98 Å². The number of pyridine rings is 1. The van der Waals surface area contributed by atoms with Crippen LogP contribution in [0.2, 0.25) is 0 Å². The average molecular weight is 277 g/mol. The van der Waals surface area contributed by atoms with Gasteiger partial charge in [-0.15, -0.1) is 0 Å². The van der Waals surface area contributed by atoms with Gasteiger partial charge in [-0.1, -0.05) is 13.8 Å². The van der Waals surface area contributed by atoms with Crippen LogP contribution >= 0.6 is 0 Å². The second-order valence-electron chi connectivity index (χ2n) is 6.56. The van der Waals surface area contributed by atoms with E-state index < -0.39 is 0 Å². The number of anilines is 1. The zero-order valence-corrected chi connectivity index (χ0v) is 13.1. The van der Waals surface area contributed by atoms with Crippen molar-refractivity contribution in [3.63, 3.8) is 0 Å². The molecule has 112 valence electrons.